The Bertz CT molecular complexity index is 1450. The lowest BCUT2D eigenvalue weighted by atomic mass is 9.89. The van der Waals surface area contributed by atoms with Gasteiger partial charge in [-0.25, -0.2) is 20.4 Å². The number of nitrogens with zero attached hydrogens (tertiary/aromatic N) is 5. The van der Waals surface area contributed by atoms with Gasteiger partial charge in [0.05, 0.1) is 5.69 Å². The van der Waals surface area contributed by atoms with Crippen LogP contribution in [0, 0.1) is 13.8 Å². The molecule has 0 aliphatic carbocycles. The highest BCUT2D eigenvalue weighted by Crippen LogP contribution is 2.28. The number of fused-ring (bicyclic) bond motifs is 1. The molecule has 6 rings (SSSR count). The number of hydrogen-bond acceptors (Lipinski definition) is 7. The lowest BCUT2D eigenvalue weighted by Crippen LogP contribution is -2.55. The van der Waals surface area contributed by atoms with Crippen molar-refractivity contribution in [3.8, 4) is 0 Å². The molecule has 3 fully saturated rings. The number of ether oxygens (including phenoxy) is 1. The summed E-state index contributed by atoms with van der Waals surface area (Å²) in [5.74, 6) is 6.14. The molecule has 1 atom stereocenters. The van der Waals surface area contributed by atoms with Crippen LogP contribution in [0.4, 0.5) is 15.3 Å². The molecule has 0 radical (unpaired) electrons. The van der Waals surface area contributed by atoms with Crippen LogP contribution in [0.1, 0.15) is 67.7 Å². The highest BCUT2D eigenvalue weighted by Gasteiger charge is 2.38. The molecule has 0 unspecified atom stereocenters. The highest BCUT2D eigenvalue weighted by molar-refractivity contribution is 5.92. The van der Waals surface area contributed by atoms with Crippen molar-refractivity contribution in [2.75, 3.05) is 50.8 Å². The molecule has 0 spiro atoms. The number of carbonyl (C=O) groups excluding carboxylic acids is 3. The van der Waals surface area contributed by atoms with E-state index in [1.165, 1.54) is 5.01 Å². The summed E-state index contributed by atoms with van der Waals surface area (Å²) in [6.07, 6.45) is 4.72. The van der Waals surface area contributed by atoms with Crippen LogP contribution in [-0.2, 0) is 22.4 Å². The third-order valence-electron chi connectivity index (χ3n) is 10.9. The Hall–Kier alpha value is -3.67. The fourth-order valence-corrected chi connectivity index (χ4v) is 8.07. The number of likely N-dealkylation sites (tertiary alicyclic amines) is 3. The zero-order valence-electron chi connectivity index (χ0n) is 28.9. The van der Waals surface area contributed by atoms with E-state index in [1.54, 1.807) is 4.90 Å². The molecule has 11 heteroatoms. The van der Waals surface area contributed by atoms with Gasteiger partial charge >= 0.3 is 12.1 Å². The van der Waals surface area contributed by atoms with Crippen LogP contribution < -0.4 is 16.6 Å². The topological polar surface area (TPSA) is 129 Å². The summed E-state index contributed by atoms with van der Waals surface area (Å²) in [5, 5.41) is 1.25. The summed E-state index contributed by atoms with van der Waals surface area (Å²) in [7, 11) is 0. The van der Waals surface area contributed by atoms with Crippen molar-refractivity contribution in [1.82, 2.24) is 19.6 Å². The van der Waals surface area contributed by atoms with Crippen molar-refractivity contribution in [3.63, 3.8) is 0 Å². The van der Waals surface area contributed by atoms with Gasteiger partial charge in [0.25, 0.3) is 5.91 Å². The van der Waals surface area contributed by atoms with Crippen molar-refractivity contribution >= 4 is 23.7 Å². The van der Waals surface area contributed by atoms with E-state index in [0.717, 1.165) is 73.1 Å². The van der Waals surface area contributed by atoms with Gasteiger partial charge in [0, 0.05) is 69.9 Å². The van der Waals surface area contributed by atoms with Gasteiger partial charge in [-0.3, -0.25) is 4.79 Å². The number of anilines is 1. The van der Waals surface area contributed by atoms with E-state index < -0.39 is 12.2 Å². The molecule has 0 bridgehead atoms. The standard InChI is InChI=1S/C37H53N7O4/c1-26-22-27(2)24-28(23-26)25-33(34(45)41-15-9-30(10-16-41)40-20-13-37(3,38)14-21-40)48-36(47)42-17-11-31(12-18-42)43-19-8-29-6-4-5-7-32(29)44(39)35(43)46/h4-7,22-24,30-31,33H,8-21,25,38-39H2,1-3H3/t33-/m1/s1. The lowest BCUT2D eigenvalue weighted by Gasteiger charge is -2.44. The number of aryl methyl sites for hydroxylation is 2. The van der Waals surface area contributed by atoms with Gasteiger partial charge in [0.15, 0.2) is 6.10 Å². The number of carbonyl (C=O) groups is 3. The normalized spacial score (nSPS) is 21.9. The summed E-state index contributed by atoms with van der Waals surface area (Å²) in [4.78, 5) is 49.0. The summed E-state index contributed by atoms with van der Waals surface area (Å²) in [6, 6.07) is 14.2. The lowest BCUT2D eigenvalue weighted by molar-refractivity contribution is -0.142. The third kappa shape index (κ3) is 7.79. The average molecular weight is 660 g/mol. The Labute approximate surface area is 285 Å². The Kier molecular flexibility index (Phi) is 10.3. The van der Waals surface area contributed by atoms with Crippen LogP contribution in [0.2, 0.25) is 0 Å². The van der Waals surface area contributed by atoms with Gasteiger partial charge in [-0.2, -0.15) is 0 Å². The molecular formula is C37H53N7O4. The van der Waals surface area contributed by atoms with E-state index in [1.807, 2.05) is 47.9 Å². The molecule has 0 aromatic heterocycles. The minimum absolute atomic E-state index is 0.0330. The molecule has 48 heavy (non-hydrogen) atoms. The van der Waals surface area contributed by atoms with E-state index in [2.05, 4.69) is 30.0 Å². The van der Waals surface area contributed by atoms with Crippen molar-refractivity contribution in [1.29, 1.82) is 0 Å². The maximum Gasteiger partial charge on any atom is 0.410 e. The number of benzene rings is 2. The van der Waals surface area contributed by atoms with Gasteiger partial charge in [-0.05, 0) is 82.9 Å². The van der Waals surface area contributed by atoms with E-state index in [4.69, 9.17) is 16.3 Å². The number of amides is 4. The predicted molar refractivity (Wildman–Crippen MR) is 186 cm³/mol. The molecule has 3 saturated heterocycles. The maximum absolute atomic E-state index is 14.0. The Balaban J connectivity index is 1.07. The Morgan fingerprint density at radius 2 is 1.48 bits per heavy atom. The number of rotatable bonds is 6. The predicted octanol–water partition coefficient (Wildman–Crippen LogP) is 3.98. The quantitative estimate of drug-likeness (QED) is 0.355. The zero-order valence-corrected chi connectivity index (χ0v) is 28.9. The molecule has 4 aliphatic rings. The summed E-state index contributed by atoms with van der Waals surface area (Å²) < 4.78 is 6.10. The molecule has 11 nitrogen and oxygen atoms in total. The van der Waals surface area contributed by atoms with Crippen LogP contribution in [0.25, 0.3) is 0 Å². The number of urea groups is 1. The van der Waals surface area contributed by atoms with E-state index >= 15 is 0 Å². The van der Waals surface area contributed by atoms with E-state index in [0.29, 0.717) is 58.0 Å². The largest absolute Gasteiger partial charge is 0.436 e. The summed E-state index contributed by atoms with van der Waals surface area (Å²) in [5.41, 5.74) is 11.3. The first kappa shape index (κ1) is 34.2. The second kappa shape index (κ2) is 14.4. The van der Waals surface area contributed by atoms with Crippen molar-refractivity contribution < 1.29 is 19.1 Å². The van der Waals surface area contributed by atoms with Crippen molar-refractivity contribution in [3.05, 3.63) is 64.7 Å². The van der Waals surface area contributed by atoms with E-state index in [9.17, 15) is 14.4 Å². The van der Waals surface area contributed by atoms with Crippen LogP contribution >= 0.6 is 0 Å². The van der Waals surface area contributed by atoms with Gasteiger partial charge < -0.3 is 30.1 Å². The minimum Gasteiger partial charge on any atom is -0.436 e. The molecule has 4 N–H and O–H groups in total. The Morgan fingerprint density at radius 1 is 0.875 bits per heavy atom. The fraction of sp³-hybridized carbons (Fsp3) is 0.595. The molecular weight excluding hydrogens is 606 g/mol. The first-order valence-electron chi connectivity index (χ1n) is 17.8. The maximum atomic E-state index is 14.0. The number of piperidine rings is 3. The van der Waals surface area contributed by atoms with Crippen LogP contribution in [0.5, 0.6) is 0 Å². The van der Waals surface area contributed by atoms with Crippen LogP contribution in [0.3, 0.4) is 0 Å². The SMILES string of the molecule is Cc1cc(C)cc(C[C@@H](OC(=O)N2CCC(N3CCc4ccccc4N(N)C3=O)CC2)C(=O)N2CCC(N3CCC(C)(N)CC3)CC2)c1. The number of nitrogens with two attached hydrogens (primary N) is 2. The van der Waals surface area contributed by atoms with Gasteiger partial charge in [-0.15, -0.1) is 0 Å². The molecule has 2 aromatic carbocycles. The first-order chi connectivity index (χ1) is 23.0. The minimum atomic E-state index is -0.905. The smallest absolute Gasteiger partial charge is 0.410 e. The molecule has 260 valence electrons. The molecule has 0 saturated carbocycles. The van der Waals surface area contributed by atoms with E-state index in [-0.39, 0.29) is 23.5 Å². The first-order valence-corrected chi connectivity index (χ1v) is 17.8. The van der Waals surface area contributed by atoms with Crippen molar-refractivity contribution in [2.24, 2.45) is 11.6 Å². The number of para-hydroxylation sites is 1. The molecule has 2 aromatic rings. The third-order valence-corrected chi connectivity index (χ3v) is 10.9. The molecule has 4 amide bonds. The second-order valence-corrected chi connectivity index (χ2v) is 14.8. The van der Waals surface area contributed by atoms with Gasteiger partial charge in [0.1, 0.15) is 0 Å². The monoisotopic (exact) mass is 659 g/mol. The summed E-state index contributed by atoms with van der Waals surface area (Å²) >= 11 is 0. The van der Waals surface area contributed by atoms with Crippen molar-refractivity contribution in [2.45, 2.75) is 95.9 Å². The summed E-state index contributed by atoms with van der Waals surface area (Å²) in [6.45, 7) is 11.0. The fourth-order valence-electron chi connectivity index (χ4n) is 8.07. The van der Waals surface area contributed by atoms with Gasteiger partial charge in [-0.1, -0.05) is 47.5 Å². The van der Waals surface area contributed by atoms with Gasteiger partial charge in [0.2, 0.25) is 0 Å². The van der Waals surface area contributed by atoms with Crippen LogP contribution in [0.15, 0.2) is 42.5 Å². The molecule has 4 heterocycles. The second-order valence-electron chi connectivity index (χ2n) is 14.8. The van der Waals surface area contributed by atoms with Crippen LogP contribution in [-0.4, -0.2) is 107 Å². The zero-order chi connectivity index (χ0) is 34.0. The average Bonchev–Trinajstić information content (AvgIpc) is 3.19. The number of hydrogen-bond donors (Lipinski definition) is 2. The Morgan fingerprint density at radius 3 is 2.15 bits per heavy atom. The molecule has 4 aliphatic heterocycles. The highest BCUT2D eigenvalue weighted by atomic mass is 16.6. The number of hydrazine groups is 1.